The van der Waals surface area contributed by atoms with Crippen LogP contribution < -0.4 is 15.4 Å². The number of nitrogens with one attached hydrogen (secondary N) is 2. The fraction of sp³-hybridized carbons (Fsp3) is 0.250. The normalized spacial score (nSPS) is 11.1. The summed E-state index contributed by atoms with van der Waals surface area (Å²) in [6, 6.07) is 12.4. The molecular formula is C20H22N4O3. The summed E-state index contributed by atoms with van der Waals surface area (Å²) in [5.41, 5.74) is 0.741. The van der Waals surface area contributed by atoms with E-state index in [9.17, 15) is 4.79 Å². The highest BCUT2D eigenvalue weighted by Gasteiger charge is 2.20. The summed E-state index contributed by atoms with van der Waals surface area (Å²) < 4.78 is 11.0. The van der Waals surface area contributed by atoms with Crippen LogP contribution in [0.3, 0.4) is 0 Å². The van der Waals surface area contributed by atoms with Crippen molar-refractivity contribution in [2.75, 3.05) is 5.32 Å². The molecule has 0 saturated carbocycles. The van der Waals surface area contributed by atoms with Crippen LogP contribution in [0.25, 0.3) is 0 Å². The van der Waals surface area contributed by atoms with Gasteiger partial charge in [-0.05, 0) is 29.8 Å². The molecule has 140 valence electrons. The van der Waals surface area contributed by atoms with E-state index in [4.69, 9.17) is 9.26 Å². The minimum absolute atomic E-state index is 0.168. The summed E-state index contributed by atoms with van der Waals surface area (Å²) in [4.78, 5) is 16.0. The highest BCUT2D eigenvalue weighted by Crippen LogP contribution is 2.24. The van der Waals surface area contributed by atoms with Gasteiger partial charge in [0.05, 0.1) is 0 Å². The lowest BCUT2D eigenvalue weighted by molar-refractivity contribution is 0.251. The van der Waals surface area contributed by atoms with E-state index in [-0.39, 0.29) is 11.4 Å². The number of aromatic nitrogens is 2. The van der Waals surface area contributed by atoms with E-state index in [0.717, 1.165) is 5.56 Å². The molecular weight excluding hydrogens is 344 g/mol. The van der Waals surface area contributed by atoms with Crippen LogP contribution in [0, 0.1) is 0 Å². The van der Waals surface area contributed by atoms with Crippen LogP contribution in [-0.2, 0) is 12.0 Å². The highest BCUT2D eigenvalue weighted by molar-refractivity contribution is 5.88. The molecule has 0 bridgehead atoms. The molecule has 7 heteroatoms. The van der Waals surface area contributed by atoms with Crippen molar-refractivity contribution in [1.82, 2.24) is 15.5 Å². The summed E-state index contributed by atoms with van der Waals surface area (Å²) in [7, 11) is 0. The minimum atomic E-state index is -0.357. The molecule has 0 unspecified atom stereocenters. The Morgan fingerprint density at radius 1 is 1.11 bits per heavy atom. The van der Waals surface area contributed by atoms with Crippen molar-refractivity contribution >= 4 is 11.8 Å². The average molecular weight is 366 g/mol. The SMILES string of the molecule is CC(C)(C)c1cc(NC(=O)NCc2cccc(Oc3ccncc3)c2)no1. The Balaban J connectivity index is 1.54. The molecule has 0 fully saturated rings. The first-order valence-corrected chi connectivity index (χ1v) is 8.59. The van der Waals surface area contributed by atoms with Crippen LogP contribution in [0.1, 0.15) is 32.1 Å². The maximum Gasteiger partial charge on any atom is 0.320 e. The first-order valence-electron chi connectivity index (χ1n) is 8.59. The zero-order valence-electron chi connectivity index (χ0n) is 15.5. The van der Waals surface area contributed by atoms with Crippen molar-refractivity contribution in [3.05, 3.63) is 66.2 Å². The molecule has 27 heavy (non-hydrogen) atoms. The maximum atomic E-state index is 12.1. The number of pyridine rings is 1. The number of urea groups is 1. The van der Waals surface area contributed by atoms with Crippen molar-refractivity contribution in [2.45, 2.75) is 32.7 Å². The Labute approximate surface area is 157 Å². The van der Waals surface area contributed by atoms with E-state index >= 15 is 0 Å². The third-order valence-electron chi connectivity index (χ3n) is 3.73. The number of amides is 2. The van der Waals surface area contributed by atoms with E-state index in [1.165, 1.54) is 0 Å². The van der Waals surface area contributed by atoms with Crippen molar-refractivity contribution in [3.63, 3.8) is 0 Å². The smallest absolute Gasteiger partial charge is 0.320 e. The lowest BCUT2D eigenvalue weighted by Gasteiger charge is -2.12. The quantitative estimate of drug-likeness (QED) is 0.695. The summed E-state index contributed by atoms with van der Waals surface area (Å²) in [5.74, 6) is 2.48. The van der Waals surface area contributed by atoms with Crippen LogP contribution in [0.5, 0.6) is 11.5 Å². The molecule has 3 rings (SSSR count). The van der Waals surface area contributed by atoms with Gasteiger partial charge in [-0.15, -0.1) is 0 Å². The molecule has 0 spiro atoms. The summed E-state index contributed by atoms with van der Waals surface area (Å²) in [6.07, 6.45) is 3.33. The van der Waals surface area contributed by atoms with Crippen LogP contribution in [0.15, 0.2) is 59.4 Å². The molecule has 0 aliphatic carbocycles. The average Bonchev–Trinajstić information content (AvgIpc) is 3.10. The number of rotatable bonds is 5. The summed E-state index contributed by atoms with van der Waals surface area (Å²) in [6.45, 7) is 6.39. The van der Waals surface area contributed by atoms with Crippen LogP contribution in [-0.4, -0.2) is 16.2 Å². The standard InChI is InChI=1S/C20H22N4O3/c1-20(2,3)17-12-18(24-27-17)23-19(25)22-13-14-5-4-6-16(11-14)26-15-7-9-21-10-8-15/h4-12H,13H2,1-3H3,(H2,22,23,24,25). The predicted molar refractivity (Wildman–Crippen MR) is 102 cm³/mol. The van der Waals surface area contributed by atoms with Crippen molar-refractivity contribution in [2.24, 2.45) is 0 Å². The van der Waals surface area contributed by atoms with Crippen molar-refractivity contribution in [3.8, 4) is 11.5 Å². The van der Waals surface area contributed by atoms with Gasteiger partial charge < -0.3 is 14.6 Å². The number of ether oxygens (including phenoxy) is 1. The lowest BCUT2D eigenvalue weighted by atomic mass is 9.93. The number of hydrogen-bond donors (Lipinski definition) is 2. The zero-order valence-corrected chi connectivity index (χ0v) is 15.5. The number of hydrogen-bond acceptors (Lipinski definition) is 5. The van der Waals surface area contributed by atoms with Crippen molar-refractivity contribution in [1.29, 1.82) is 0 Å². The largest absolute Gasteiger partial charge is 0.457 e. The minimum Gasteiger partial charge on any atom is -0.457 e. The topological polar surface area (TPSA) is 89.3 Å². The van der Waals surface area contributed by atoms with Gasteiger partial charge in [0, 0.05) is 30.4 Å². The molecule has 2 aromatic heterocycles. The second-order valence-electron chi connectivity index (χ2n) is 7.07. The molecule has 3 aromatic rings. The fourth-order valence-electron chi connectivity index (χ4n) is 2.29. The lowest BCUT2D eigenvalue weighted by Crippen LogP contribution is -2.28. The van der Waals surface area contributed by atoms with Gasteiger partial charge in [-0.2, -0.15) is 0 Å². The van der Waals surface area contributed by atoms with Gasteiger partial charge >= 0.3 is 6.03 Å². The second kappa shape index (κ2) is 7.90. The molecule has 2 amide bonds. The Kier molecular flexibility index (Phi) is 5.40. The third-order valence-corrected chi connectivity index (χ3v) is 3.73. The molecule has 0 atom stereocenters. The van der Waals surface area contributed by atoms with E-state index in [1.54, 1.807) is 30.6 Å². The third kappa shape index (κ3) is 5.31. The van der Waals surface area contributed by atoms with Gasteiger partial charge in [-0.25, -0.2) is 4.79 Å². The molecule has 0 radical (unpaired) electrons. The monoisotopic (exact) mass is 366 g/mol. The first kappa shape index (κ1) is 18.4. The number of carbonyl (C=O) groups excluding carboxylic acids is 1. The van der Waals surface area contributed by atoms with E-state index in [2.05, 4.69) is 20.8 Å². The molecule has 0 aliphatic rings. The number of nitrogens with zero attached hydrogens (tertiary/aromatic N) is 2. The van der Waals surface area contributed by atoms with E-state index in [0.29, 0.717) is 29.6 Å². The van der Waals surface area contributed by atoms with Gasteiger partial charge in [0.2, 0.25) is 0 Å². The van der Waals surface area contributed by atoms with E-state index < -0.39 is 0 Å². The van der Waals surface area contributed by atoms with Crippen LogP contribution in [0.2, 0.25) is 0 Å². The van der Waals surface area contributed by atoms with Gasteiger partial charge in [-0.3, -0.25) is 10.3 Å². The number of carbonyl (C=O) groups is 1. The predicted octanol–water partition coefficient (Wildman–Crippen LogP) is 4.48. The Hall–Kier alpha value is -3.35. The van der Waals surface area contributed by atoms with Gasteiger partial charge in [0.1, 0.15) is 17.3 Å². The van der Waals surface area contributed by atoms with Gasteiger partial charge in [-0.1, -0.05) is 38.1 Å². The molecule has 0 saturated heterocycles. The Bertz CT molecular complexity index is 901. The Morgan fingerprint density at radius 2 is 1.89 bits per heavy atom. The van der Waals surface area contributed by atoms with Gasteiger partial charge in [0.25, 0.3) is 0 Å². The van der Waals surface area contributed by atoms with Crippen molar-refractivity contribution < 1.29 is 14.1 Å². The number of anilines is 1. The molecule has 1 aromatic carbocycles. The van der Waals surface area contributed by atoms with Crippen LogP contribution in [0.4, 0.5) is 10.6 Å². The fourth-order valence-corrected chi connectivity index (χ4v) is 2.29. The summed E-state index contributed by atoms with van der Waals surface area (Å²) >= 11 is 0. The zero-order chi connectivity index (χ0) is 19.3. The maximum absolute atomic E-state index is 12.1. The number of benzene rings is 1. The van der Waals surface area contributed by atoms with E-state index in [1.807, 2.05) is 45.0 Å². The highest BCUT2D eigenvalue weighted by atomic mass is 16.5. The molecule has 2 heterocycles. The molecule has 2 N–H and O–H groups in total. The molecule has 0 aliphatic heterocycles. The second-order valence-corrected chi connectivity index (χ2v) is 7.07. The van der Waals surface area contributed by atoms with Crippen LogP contribution >= 0.6 is 0 Å². The molecule has 7 nitrogen and oxygen atoms in total. The Morgan fingerprint density at radius 3 is 2.59 bits per heavy atom. The summed E-state index contributed by atoms with van der Waals surface area (Å²) in [5, 5.41) is 9.32. The first-order chi connectivity index (χ1) is 12.9. The van der Waals surface area contributed by atoms with Gasteiger partial charge in [0.15, 0.2) is 5.82 Å².